The third kappa shape index (κ3) is 2.89. The van der Waals surface area contributed by atoms with Crippen LogP contribution in [-0.2, 0) is 12.8 Å². The topological polar surface area (TPSA) is 12.0 Å². The van der Waals surface area contributed by atoms with Crippen LogP contribution in [0, 0.1) is 13.8 Å². The second-order valence-corrected chi connectivity index (χ2v) is 6.23. The number of rotatable bonds is 4. The molecule has 0 radical (unpaired) electrons. The maximum absolute atomic E-state index is 3.67. The van der Waals surface area contributed by atoms with Crippen LogP contribution in [0.3, 0.4) is 0 Å². The van der Waals surface area contributed by atoms with Crippen molar-refractivity contribution in [3.8, 4) is 0 Å². The van der Waals surface area contributed by atoms with Gasteiger partial charge < -0.3 is 5.32 Å². The highest BCUT2D eigenvalue weighted by Gasteiger charge is 2.18. The van der Waals surface area contributed by atoms with E-state index in [1.54, 1.807) is 11.1 Å². The van der Waals surface area contributed by atoms with E-state index in [4.69, 9.17) is 0 Å². The minimum Gasteiger partial charge on any atom is -0.307 e. The standard InChI is InChI=1S/C20H25N/c1-4-21-20(19-11-8-14(2)12-15(19)3)18-10-9-16-6-5-7-17(16)13-18/h8-13,20-21H,4-7H2,1-3H3. The van der Waals surface area contributed by atoms with Crippen LogP contribution in [0.2, 0.25) is 0 Å². The lowest BCUT2D eigenvalue weighted by molar-refractivity contribution is 0.627. The Kier molecular flexibility index (Phi) is 4.12. The molecule has 1 unspecified atom stereocenters. The number of aryl methyl sites for hydroxylation is 4. The molecule has 0 saturated carbocycles. The van der Waals surface area contributed by atoms with Crippen molar-refractivity contribution in [2.45, 2.75) is 46.1 Å². The van der Waals surface area contributed by atoms with Crippen LogP contribution in [-0.4, -0.2) is 6.54 Å². The number of hydrogen-bond acceptors (Lipinski definition) is 1. The van der Waals surface area contributed by atoms with Crippen molar-refractivity contribution in [1.29, 1.82) is 0 Å². The van der Waals surface area contributed by atoms with Crippen molar-refractivity contribution in [2.24, 2.45) is 0 Å². The van der Waals surface area contributed by atoms with Crippen LogP contribution in [0.25, 0.3) is 0 Å². The Morgan fingerprint density at radius 1 is 1.00 bits per heavy atom. The van der Waals surface area contributed by atoms with Gasteiger partial charge in [0.1, 0.15) is 0 Å². The van der Waals surface area contributed by atoms with Gasteiger partial charge in [0.2, 0.25) is 0 Å². The molecule has 0 amide bonds. The molecule has 0 fully saturated rings. The average molecular weight is 279 g/mol. The maximum Gasteiger partial charge on any atom is 0.0579 e. The fraction of sp³-hybridized carbons (Fsp3) is 0.400. The first-order valence-corrected chi connectivity index (χ1v) is 8.11. The molecule has 1 nitrogen and oxygen atoms in total. The first-order valence-electron chi connectivity index (χ1n) is 8.11. The Hall–Kier alpha value is -1.60. The fourth-order valence-corrected chi connectivity index (χ4v) is 3.53. The summed E-state index contributed by atoms with van der Waals surface area (Å²) in [6.07, 6.45) is 3.81. The summed E-state index contributed by atoms with van der Waals surface area (Å²) < 4.78 is 0. The summed E-state index contributed by atoms with van der Waals surface area (Å²) in [6.45, 7) is 7.55. The molecule has 1 N–H and O–H groups in total. The van der Waals surface area contributed by atoms with Gasteiger partial charge in [0.05, 0.1) is 6.04 Å². The molecular weight excluding hydrogens is 254 g/mol. The molecule has 21 heavy (non-hydrogen) atoms. The van der Waals surface area contributed by atoms with Gasteiger partial charge in [0.25, 0.3) is 0 Å². The van der Waals surface area contributed by atoms with Crippen molar-refractivity contribution < 1.29 is 0 Å². The molecule has 2 aromatic rings. The van der Waals surface area contributed by atoms with Crippen molar-refractivity contribution in [1.82, 2.24) is 5.32 Å². The first kappa shape index (κ1) is 14.3. The zero-order valence-electron chi connectivity index (χ0n) is 13.4. The van der Waals surface area contributed by atoms with E-state index in [0.29, 0.717) is 6.04 Å². The van der Waals surface area contributed by atoms with E-state index in [-0.39, 0.29) is 0 Å². The minimum atomic E-state index is 0.307. The molecule has 0 aromatic heterocycles. The molecule has 0 spiro atoms. The zero-order chi connectivity index (χ0) is 14.8. The molecule has 1 atom stereocenters. The molecule has 2 aromatic carbocycles. The normalized spacial score (nSPS) is 15.0. The first-order chi connectivity index (χ1) is 10.2. The summed E-state index contributed by atoms with van der Waals surface area (Å²) in [7, 11) is 0. The highest BCUT2D eigenvalue weighted by molar-refractivity contribution is 5.43. The fourth-order valence-electron chi connectivity index (χ4n) is 3.53. The average Bonchev–Trinajstić information content (AvgIpc) is 2.93. The van der Waals surface area contributed by atoms with Crippen molar-refractivity contribution in [3.63, 3.8) is 0 Å². The van der Waals surface area contributed by atoms with Crippen LogP contribution in [0.5, 0.6) is 0 Å². The molecule has 0 saturated heterocycles. The van der Waals surface area contributed by atoms with E-state index in [9.17, 15) is 0 Å². The van der Waals surface area contributed by atoms with Crippen molar-refractivity contribution in [2.75, 3.05) is 6.54 Å². The molecule has 0 bridgehead atoms. The summed E-state index contributed by atoms with van der Waals surface area (Å²) in [5.41, 5.74) is 8.63. The van der Waals surface area contributed by atoms with E-state index in [2.05, 4.69) is 62.5 Å². The summed E-state index contributed by atoms with van der Waals surface area (Å²) >= 11 is 0. The highest BCUT2D eigenvalue weighted by atomic mass is 14.9. The lowest BCUT2D eigenvalue weighted by atomic mass is 9.92. The van der Waals surface area contributed by atoms with Gasteiger partial charge in [-0.15, -0.1) is 0 Å². The van der Waals surface area contributed by atoms with Gasteiger partial charge in [-0.3, -0.25) is 0 Å². The van der Waals surface area contributed by atoms with Crippen LogP contribution in [0.4, 0.5) is 0 Å². The highest BCUT2D eigenvalue weighted by Crippen LogP contribution is 2.30. The lowest BCUT2D eigenvalue weighted by Gasteiger charge is -2.22. The lowest BCUT2D eigenvalue weighted by Crippen LogP contribution is -2.23. The Morgan fingerprint density at radius 3 is 2.57 bits per heavy atom. The Balaban J connectivity index is 2.01. The van der Waals surface area contributed by atoms with Gasteiger partial charge in [-0.05, 0) is 67.5 Å². The van der Waals surface area contributed by atoms with E-state index in [0.717, 1.165) is 6.54 Å². The summed E-state index contributed by atoms with van der Waals surface area (Å²) in [5, 5.41) is 3.67. The minimum absolute atomic E-state index is 0.307. The largest absolute Gasteiger partial charge is 0.307 e. The molecule has 1 aliphatic carbocycles. The predicted molar refractivity (Wildman–Crippen MR) is 89.9 cm³/mol. The molecule has 0 heterocycles. The zero-order valence-corrected chi connectivity index (χ0v) is 13.4. The molecule has 1 heteroatoms. The molecule has 1 aliphatic rings. The Morgan fingerprint density at radius 2 is 1.81 bits per heavy atom. The van der Waals surface area contributed by atoms with Gasteiger partial charge in [0.15, 0.2) is 0 Å². The quantitative estimate of drug-likeness (QED) is 0.869. The molecular formula is C20H25N. The monoisotopic (exact) mass is 279 g/mol. The smallest absolute Gasteiger partial charge is 0.0579 e. The molecule has 110 valence electrons. The van der Waals surface area contributed by atoms with E-state index >= 15 is 0 Å². The van der Waals surface area contributed by atoms with Gasteiger partial charge in [-0.25, -0.2) is 0 Å². The molecule has 0 aliphatic heterocycles. The van der Waals surface area contributed by atoms with Crippen LogP contribution in [0.1, 0.15) is 52.8 Å². The van der Waals surface area contributed by atoms with Gasteiger partial charge in [-0.2, -0.15) is 0 Å². The van der Waals surface area contributed by atoms with Crippen molar-refractivity contribution >= 4 is 0 Å². The van der Waals surface area contributed by atoms with E-state index in [1.807, 2.05) is 0 Å². The third-order valence-electron chi connectivity index (χ3n) is 4.60. The van der Waals surface area contributed by atoms with Crippen LogP contribution >= 0.6 is 0 Å². The number of hydrogen-bond donors (Lipinski definition) is 1. The van der Waals surface area contributed by atoms with Gasteiger partial charge in [-0.1, -0.05) is 48.9 Å². The van der Waals surface area contributed by atoms with E-state index in [1.165, 1.54) is 41.5 Å². The summed E-state index contributed by atoms with van der Waals surface area (Å²) in [4.78, 5) is 0. The Labute approximate surface area is 128 Å². The Bertz CT molecular complexity index is 642. The summed E-state index contributed by atoms with van der Waals surface area (Å²) in [5.74, 6) is 0. The number of fused-ring (bicyclic) bond motifs is 1. The second kappa shape index (κ2) is 6.03. The predicted octanol–water partition coefficient (Wildman–Crippen LogP) is 4.49. The maximum atomic E-state index is 3.67. The SMILES string of the molecule is CCNC(c1ccc2c(c1)CCC2)c1ccc(C)cc1C. The number of nitrogens with one attached hydrogen (secondary N) is 1. The van der Waals surface area contributed by atoms with Gasteiger partial charge in [0, 0.05) is 0 Å². The van der Waals surface area contributed by atoms with E-state index < -0.39 is 0 Å². The molecule has 3 rings (SSSR count). The van der Waals surface area contributed by atoms with Crippen molar-refractivity contribution in [3.05, 3.63) is 69.8 Å². The third-order valence-corrected chi connectivity index (χ3v) is 4.60. The van der Waals surface area contributed by atoms with Crippen LogP contribution < -0.4 is 5.32 Å². The van der Waals surface area contributed by atoms with Gasteiger partial charge >= 0.3 is 0 Å². The summed E-state index contributed by atoms with van der Waals surface area (Å²) in [6, 6.07) is 14.2. The van der Waals surface area contributed by atoms with Crippen LogP contribution in [0.15, 0.2) is 36.4 Å². The second-order valence-electron chi connectivity index (χ2n) is 6.23. The number of benzene rings is 2.